The predicted molar refractivity (Wildman–Crippen MR) is 415 cm³/mol. The van der Waals surface area contributed by atoms with Crippen molar-refractivity contribution >= 4 is 106 Å². The largest absolute Gasteiger partial charge is 0.508 e. The van der Waals surface area contributed by atoms with E-state index in [0.29, 0.717) is 16.7 Å². The van der Waals surface area contributed by atoms with Gasteiger partial charge in [-0.15, -0.1) is 0 Å². The smallest absolute Gasteiger partial charge is 0.326 e. The van der Waals surface area contributed by atoms with Crippen LogP contribution in [0.5, 0.6) is 11.5 Å². The number of nitrogens with two attached hydrogens (primary N) is 2. The molecule has 650 valence electrons. The number of aliphatic hydroxyl groups excluding tert-OH is 4. The summed E-state index contributed by atoms with van der Waals surface area (Å²) in [6.45, 7) is 9.80. The number of benzene rings is 3. The number of carboxylic acid groups (broad SMARTS) is 2. The first-order valence-electron chi connectivity index (χ1n) is 37.4. The summed E-state index contributed by atoms with van der Waals surface area (Å²) in [7, 11) is 0. The number of nitrogens with one attached hydrogen (secondary N) is 15. The van der Waals surface area contributed by atoms with Gasteiger partial charge in [-0.1, -0.05) is 96.1 Å². The summed E-state index contributed by atoms with van der Waals surface area (Å²) in [6.07, 6.45) is -8.33. The van der Waals surface area contributed by atoms with E-state index < -0.39 is 260 Å². The number of rotatable bonds is 49. The van der Waals surface area contributed by atoms with Gasteiger partial charge in [-0.2, -0.15) is 0 Å². The van der Waals surface area contributed by atoms with Crippen LogP contribution in [0.3, 0.4) is 0 Å². The minimum absolute atomic E-state index is 0.148. The molecule has 0 aliphatic carbocycles. The van der Waals surface area contributed by atoms with Gasteiger partial charge in [0, 0.05) is 19.3 Å². The first kappa shape index (κ1) is 99.7. The standard InChI is InChI=1S/C75H109N17O26/c1-34(2)24-46(69(111)92-62(40(10)96)74(116)89-58(35(3)4)71(113)90-59(36(5)6)75(117)118)84-68(110)51(29-57(103)104)87-72(114)60(38(8)94)88-56(102)32-80-66(108)52(33-93)82-55(101)31-79-65(107)48(25-41-14-12-11-13-15-41)86-73(115)61(39(9)95)91-70(112)49(27-43-18-22-45(98)23-19-43)81-54(100)30-78-64(106)47(26-42-16-20-44(97)21-17-42)85-67(109)50(28-53(77)99)83-63(105)37(7)76/h11-23,34-40,46-52,58-62,93-98H,24-33,76H2,1-10H3,(H2,77,99)(H,78,106)(H,79,107)(H,80,108)(H,81,100)(H,82,101)(H,83,105)(H,84,110)(H,85,109)(H,86,115)(H,87,114)(H,88,102)(H,89,116)(H,90,113)(H,91,112)(H,92,111)(H,103,104)(H,117,118)/t37-,38+,39+,40+,46-,47-,48-,49-,50-,51-,52-,58-,59-,60-,61-,62-/m0/s1. The lowest BCUT2D eigenvalue weighted by Crippen LogP contribution is -2.62. The first-order valence-corrected chi connectivity index (χ1v) is 37.4. The average molecular weight is 1660 g/mol. The second kappa shape index (κ2) is 48.8. The Morgan fingerprint density at radius 2 is 0.653 bits per heavy atom. The van der Waals surface area contributed by atoms with Crippen LogP contribution in [-0.4, -0.2) is 270 Å². The van der Waals surface area contributed by atoms with Crippen molar-refractivity contribution in [2.45, 2.75) is 205 Å². The molecular formula is C75H109N17O26. The first-order chi connectivity index (χ1) is 55.2. The molecule has 0 radical (unpaired) electrons. The lowest BCUT2D eigenvalue weighted by atomic mass is 9.99. The van der Waals surface area contributed by atoms with Gasteiger partial charge < -0.3 is 132 Å². The molecule has 27 N–H and O–H groups in total. The third-order valence-electron chi connectivity index (χ3n) is 17.5. The molecule has 0 spiro atoms. The molecule has 118 heavy (non-hydrogen) atoms. The molecule has 43 heteroatoms. The van der Waals surface area contributed by atoms with Crippen LogP contribution >= 0.6 is 0 Å². The number of aromatic hydroxyl groups is 2. The molecule has 0 saturated heterocycles. The maximum absolute atomic E-state index is 14.3. The monoisotopic (exact) mass is 1660 g/mol. The highest BCUT2D eigenvalue weighted by molar-refractivity contribution is 6.01. The van der Waals surface area contributed by atoms with Gasteiger partial charge in [-0.05, 0) is 92.8 Å². The van der Waals surface area contributed by atoms with Gasteiger partial charge in [0.1, 0.15) is 84.0 Å². The molecule has 3 aromatic rings. The summed E-state index contributed by atoms with van der Waals surface area (Å²) in [6, 6.07) is -3.04. The molecule has 0 aromatic heterocycles. The van der Waals surface area contributed by atoms with Crippen LogP contribution in [-0.2, 0) is 106 Å². The highest BCUT2D eigenvalue weighted by Crippen LogP contribution is 2.17. The van der Waals surface area contributed by atoms with Gasteiger partial charge in [0.25, 0.3) is 0 Å². The Morgan fingerprint density at radius 3 is 1.04 bits per heavy atom. The van der Waals surface area contributed by atoms with Gasteiger partial charge >= 0.3 is 11.9 Å². The SMILES string of the molecule is CC(C)C[C@H](NC(=O)[C@H](CC(=O)O)NC(=O)[C@@H](NC(=O)CNC(=O)[C@H](CO)NC(=O)CNC(=O)[C@H](Cc1ccccc1)NC(=O)[C@@H](NC(=O)[C@H](Cc1ccc(O)cc1)NC(=O)CNC(=O)[C@H](Cc1ccc(O)cc1)NC(=O)[C@H](CC(N)=O)NC(=O)[C@H](C)N)[C@@H](C)O)[C@@H](C)O)C(=O)N[C@H](C(=O)N[C@H](C(=O)N[C@H](C(=O)O)C(C)C)C(C)C)[C@@H](C)O. The summed E-state index contributed by atoms with van der Waals surface area (Å²) < 4.78 is 0. The number of phenols is 2. The van der Waals surface area contributed by atoms with E-state index in [2.05, 4.69) is 79.8 Å². The van der Waals surface area contributed by atoms with E-state index in [9.17, 15) is 127 Å². The second-order valence-corrected chi connectivity index (χ2v) is 29.0. The van der Waals surface area contributed by atoms with Crippen molar-refractivity contribution < 1.29 is 127 Å². The molecule has 16 atom stereocenters. The molecule has 16 amide bonds. The van der Waals surface area contributed by atoms with Crippen LogP contribution in [0.1, 0.15) is 105 Å². The quantitative estimate of drug-likeness (QED) is 0.0250. The molecule has 43 nitrogen and oxygen atoms in total. The van der Waals surface area contributed by atoms with Crippen LogP contribution < -0.4 is 91.2 Å². The summed E-state index contributed by atoms with van der Waals surface area (Å²) in [5.41, 5.74) is 12.1. The Bertz CT molecular complexity index is 4000. The highest BCUT2D eigenvalue weighted by Gasteiger charge is 2.40. The average Bonchev–Trinajstić information content (AvgIpc) is 0.858. The van der Waals surface area contributed by atoms with Crippen molar-refractivity contribution in [1.29, 1.82) is 0 Å². The fraction of sp³-hybridized carbons (Fsp3) is 0.520. The van der Waals surface area contributed by atoms with Crippen LogP contribution in [0, 0.1) is 17.8 Å². The summed E-state index contributed by atoms with van der Waals surface area (Å²) >= 11 is 0. The number of carbonyl (C=O) groups excluding carboxylic acids is 16. The maximum atomic E-state index is 14.3. The van der Waals surface area contributed by atoms with Gasteiger partial charge in [0.15, 0.2) is 0 Å². The van der Waals surface area contributed by atoms with E-state index in [1.807, 2.05) is 0 Å². The topological polar surface area (TPSA) is 702 Å². The number of primary amides is 1. The Kier molecular flexibility index (Phi) is 41.2. The number of carboxylic acids is 2. The highest BCUT2D eigenvalue weighted by atomic mass is 16.4. The molecule has 0 fully saturated rings. The molecule has 0 aliphatic rings. The number of aliphatic carboxylic acids is 2. The number of amides is 16. The van der Waals surface area contributed by atoms with Crippen LogP contribution in [0.2, 0.25) is 0 Å². The van der Waals surface area contributed by atoms with Crippen molar-refractivity contribution in [2.24, 2.45) is 29.2 Å². The normalized spacial score (nSPS) is 15.2. The zero-order chi connectivity index (χ0) is 89.1. The van der Waals surface area contributed by atoms with Gasteiger partial charge in [0.2, 0.25) is 94.5 Å². The van der Waals surface area contributed by atoms with E-state index in [0.717, 1.165) is 20.8 Å². The zero-order valence-corrected chi connectivity index (χ0v) is 66.6. The van der Waals surface area contributed by atoms with Crippen molar-refractivity contribution in [3.05, 3.63) is 95.6 Å². The molecule has 3 rings (SSSR count). The Balaban J connectivity index is 1.76. The second-order valence-electron chi connectivity index (χ2n) is 29.0. The molecular weight excluding hydrogens is 1550 g/mol. The maximum Gasteiger partial charge on any atom is 0.326 e. The summed E-state index contributed by atoms with van der Waals surface area (Å²) in [5.74, 6) is -22.9. The third kappa shape index (κ3) is 34.9. The molecule has 0 unspecified atom stereocenters. The fourth-order valence-corrected chi connectivity index (χ4v) is 11.1. The lowest BCUT2D eigenvalue weighted by molar-refractivity contribution is -0.144. The van der Waals surface area contributed by atoms with E-state index >= 15 is 0 Å². The van der Waals surface area contributed by atoms with Crippen molar-refractivity contribution in [2.75, 3.05) is 26.2 Å². The number of aliphatic hydroxyl groups is 4. The minimum atomic E-state index is -2.06. The number of carbonyl (C=O) groups is 18. The summed E-state index contributed by atoms with van der Waals surface area (Å²) in [5, 5.41) is 116. The molecule has 0 heterocycles. The molecule has 3 aromatic carbocycles. The van der Waals surface area contributed by atoms with E-state index in [1.165, 1.54) is 83.1 Å². The van der Waals surface area contributed by atoms with Gasteiger partial charge in [0.05, 0.1) is 63.4 Å². The van der Waals surface area contributed by atoms with Gasteiger partial charge in [-0.25, -0.2) is 4.79 Å². The van der Waals surface area contributed by atoms with Crippen molar-refractivity contribution in [3.63, 3.8) is 0 Å². The fourth-order valence-electron chi connectivity index (χ4n) is 11.1. The van der Waals surface area contributed by atoms with Crippen LogP contribution in [0.15, 0.2) is 78.9 Å². The lowest BCUT2D eigenvalue weighted by Gasteiger charge is -2.30. The Labute approximate surface area is 678 Å². The molecule has 0 bridgehead atoms. The number of hydrogen-bond acceptors (Lipinski definition) is 25. The number of hydrogen-bond donors (Lipinski definition) is 25. The van der Waals surface area contributed by atoms with Crippen molar-refractivity contribution in [3.8, 4) is 11.5 Å². The van der Waals surface area contributed by atoms with Gasteiger partial charge in [-0.3, -0.25) is 81.5 Å². The molecule has 0 aliphatic heterocycles. The number of phenolic OH excluding ortho intramolecular Hbond substituents is 2. The molecule has 0 saturated carbocycles. The Morgan fingerprint density at radius 1 is 0.339 bits per heavy atom. The van der Waals surface area contributed by atoms with Crippen LogP contribution in [0.4, 0.5) is 0 Å². The third-order valence-corrected chi connectivity index (χ3v) is 17.5. The van der Waals surface area contributed by atoms with E-state index in [-0.39, 0.29) is 37.2 Å². The predicted octanol–water partition coefficient (Wildman–Crippen LogP) is -8.43. The Hall–Kier alpha value is -12.5. The minimum Gasteiger partial charge on any atom is -0.508 e. The zero-order valence-electron chi connectivity index (χ0n) is 66.6. The summed E-state index contributed by atoms with van der Waals surface area (Å²) in [4.78, 5) is 240. The van der Waals surface area contributed by atoms with E-state index in [1.54, 1.807) is 44.2 Å². The van der Waals surface area contributed by atoms with Crippen molar-refractivity contribution in [1.82, 2.24) is 79.8 Å². The van der Waals surface area contributed by atoms with E-state index in [4.69, 9.17) is 11.5 Å². The van der Waals surface area contributed by atoms with Crippen LogP contribution in [0.25, 0.3) is 0 Å².